The molecule has 23 heavy (non-hydrogen) atoms. The standard InChI is InChI=1S/C17H20ClN3O2/c1-10(12-4-6-14(18)7-5-12)11(2)21(3)17(23)15-8-13(9-20-15)16(19)22/h4-11,20H,1-3H3,(H2,19,22)/t10-,11-/m0/s1. The molecular weight excluding hydrogens is 314 g/mol. The van der Waals surface area contributed by atoms with Crippen molar-refractivity contribution in [2.24, 2.45) is 5.73 Å². The fraction of sp³-hybridized carbons (Fsp3) is 0.294. The first-order chi connectivity index (χ1) is 10.8. The van der Waals surface area contributed by atoms with Crippen LogP contribution < -0.4 is 5.73 Å². The van der Waals surface area contributed by atoms with E-state index in [-0.39, 0.29) is 17.9 Å². The Morgan fingerprint density at radius 2 is 1.83 bits per heavy atom. The Hall–Kier alpha value is -2.27. The molecule has 1 aromatic heterocycles. The number of nitrogens with one attached hydrogen (secondary N) is 1. The van der Waals surface area contributed by atoms with E-state index in [0.29, 0.717) is 16.3 Å². The van der Waals surface area contributed by atoms with E-state index < -0.39 is 5.91 Å². The minimum atomic E-state index is -0.564. The zero-order valence-electron chi connectivity index (χ0n) is 13.3. The molecule has 2 amide bonds. The lowest BCUT2D eigenvalue weighted by Crippen LogP contribution is -2.38. The van der Waals surface area contributed by atoms with Gasteiger partial charge in [-0.05, 0) is 30.7 Å². The monoisotopic (exact) mass is 333 g/mol. The lowest BCUT2D eigenvalue weighted by Gasteiger charge is -2.30. The molecule has 0 aliphatic carbocycles. The third-order valence-corrected chi connectivity index (χ3v) is 4.50. The number of H-pyrrole nitrogens is 1. The second kappa shape index (κ2) is 6.87. The summed E-state index contributed by atoms with van der Waals surface area (Å²) in [5.41, 5.74) is 6.94. The molecule has 0 saturated heterocycles. The van der Waals surface area contributed by atoms with Crippen LogP contribution in [0.2, 0.25) is 5.02 Å². The van der Waals surface area contributed by atoms with Crippen LogP contribution in [0.4, 0.5) is 0 Å². The summed E-state index contributed by atoms with van der Waals surface area (Å²) in [4.78, 5) is 28.1. The molecule has 0 radical (unpaired) electrons. The molecule has 2 rings (SSSR count). The van der Waals surface area contributed by atoms with Gasteiger partial charge in [0.25, 0.3) is 5.91 Å². The van der Waals surface area contributed by atoms with Gasteiger partial charge < -0.3 is 15.6 Å². The van der Waals surface area contributed by atoms with Crippen molar-refractivity contribution in [3.63, 3.8) is 0 Å². The van der Waals surface area contributed by atoms with Crippen LogP contribution in [0.1, 0.15) is 46.2 Å². The number of primary amides is 1. The SMILES string of the molecule is C[C@H](c1ccc(Cl)cc1)[C@H](C)N(C)C(=O)c1cc(C(N)=O)c[nH]1. The Kier molecular flexibility index (Phi) is 5.11. The predicted molar refractivity (Wildman–Crippen MR) is 90.7 cm³/mol. The normalized spacial score (nSPS) is 13.4. The van der Waals surface area contributed by atoms with Crippen molar-refractivity contribution >= 4 is 23.4 Å². The average molecular weight is 334 g/mol. The number of hydrogen-bond acceptors (Lipinski definition) is 2. The molecule has 0 aliphatic rings. The molecule has 1 aromatic carbocycles. The zero-order valence-corrected chi connectivity index (χ0v) is 14.1. The molecular formula is C17H20ClN3O2. The van der Waals surface area contributed by atoms with Crippen LogP contribution in [0, 0.1) is 0 Å². The molecule has 3 N–H and O–H groups in total. The predicted octanol–water partition coefficient (Wildman–Crippen LogP) is 3.03. The summed E-state index contributed by atoms with van der Waals surface area (Å²) in [5, 5.41) is 0.684. The van der Waals surface area contributed by atoms with Crippen molar-refractivity contribution in [1.29, 1.82) is 0 Å². The minimum Gasteiger partial charge on any atom is -0.366 e. The summed E-state index contributed by atoms with van der Waals surface area (Å²) in [6.45, 7) is 4.04. The number of rotatable bonds is 5. The van der Waals surface area contributed by atoms with Crippen LogP contribution in [-0.4, -0.2) is 34.8 Å². The summed E-state index contributed by atoms with van der Waals surface area (Å²) in [5.74, 6) is -0.622. The van der Waals surface area contributed by atoms with Crippen molar-refractivity contribution in [3.8, 4) is 0 Å². The van der Waals surface area contributed by atoms with Gasteiger partial charge in [-0.3, -0.25) is 9.59 Å². The van der Waals surface area contributed by atoms with Crippen LogP contribution in [0.25, 0.3) is 0 Å². The summed E-state index contributed by atoms with van der Waals surface area (Å²) in [6.07, 6.45) is 1.44. The van der Waals surface area contributed by atoms with Gasteiger partial charge in [-0.1, -0.05) is 30.7 Å². The van der Waals surface area contributed by atoms with E-state index in [1.165, 1.54) is 12.3 Å². The summed E-state index contributed by atoms with van der Waals surface area (Å²) >= 11 is 5.91. The van der Waals surface area contributed by atoms with E-state index in [0.717, 1.165) is 5.56 Å². The first kappa shape index (κ1) is 17.1. The first-order valence-electron chi connectivity index (χ1n) is 7.32. The number of carbonyl (C=O) groups excluding carboxylic acids is 2. The maximum absolute atomic E-state index is 12.5. The van der Waals surface area contributed by atoms with Gasteiger partial charge in [0.2, 0.25) is 5.91 Å². The Balaban J connectivity index is 2.14. The lowest BCUT2D eigenvalue weighted by atomic mass is 9.93. The smallest absolute Gasteiger partial charge is 0.270 e. The highest BCUT2D eigenvalue weighted by atomic mass is 35.5. The van der Waals surface area contributed by atoms with Crippen molar-refractivity contribution in [3.05, 3.63) is 58.4 Å². The number of nitrogens with two attached hydrogens (primary N) is 1. The molecule has 122 valence electrons. The van der Waals surface area contributed by atoms with E-state index in [1.807, 2.05) is 31.2 Å². The third kappa shape index (κ3) is 3.74. The Morgan fingerprint density at radius 1 is 1.22 bits per heavy atom. The number of hydrogen-bond donors (Lipinski definition) is 2. The highest BCUT2D eigenvalue weighted by Gasteiger charge is 2.24. The van der Waals surface area contributed by atoms with E-state index in [9.17, 15) is 9.59 Å². The van der Waals surface area contributed by atoms with Crippen LogP contribution in [0.3, 0.4) is 0 Å². The Bertz CT molecular complexity index is 709. The molecule has 2 atom stereocenters. The third-order valence-electron chi connectivity index (χ3n) is 4.25. The summed E-state index contributed by atoms with van der Waals surface area (Å²) in [7, 11) is 1.74. The Labute approximate surface area is 140 Å². The number of aromatic nitrogens is 1. The van der Waals surface area contributed by atoms with Gasteiger partial charge in [-0.25, -0.2) is 0 Å². The van der Waals surface area contributed by atoms with Crippen molar-refractivity contribution in [2.45, 2.75) is 25.8 Å². The highest BCUT2D eigenvalue weighted by molar-refractivity contribution is 6.30. The number of carbonyl (C=O) groups is 2. The number of amides is 2. The molecule has 5 nitrogen and oxygen atoms in total. The second-order valence-electron chi connectivity index (χ2n) is 5.66. The molecule has 1 heterocycles. The van der Waals surface area contributed by atoms with Crippen molar-refractivity contribution in [1.82, 2.24) is 9.88 Å². The maximum atomic E-state index is 12.5. The van der Waals surface area contributed by atoms with Gasteiger partial charge in [-0.15, -0.1) is 0 Å². The van der Waals surface area contributed by atoms with E-state index in [2.05, 4.69) is 11.9 Å². The highest BCUT2D eigenvalue weighted by Crippen LogP contribution is 2.24. The quantitative estimate of drug-likeness (QED) is 0.882. The van der Waals surface area contributed by atoms with E-state index >= 15 is 0 Å². The molecule has 6 heteroatoms. The first-order valence-corrected chi connectivity index (χ1v) is 7.70. The van der Waals surface area contributed by atoms with Gasteiger partial charge in [0.05, 0.1) is 5.56 Å². The van der Waals surface area contributed by atoms with Gasteiger partial charge in [0.15, 0.2) is 0 Å². The number of aromatic amines is 1. The molecule has 0 saturated carbocycles. The van der Waals surface area contributed by atoms with Gasteiger partial charge >= 0.3 is 0 Å². The lowest BCUT2D eigenvalue weighted by molar-refractivity contribution is 0.0721. The number of nitrogens with zero attached hydrogens (tertiary/aromatic N) is 1. The van der Waals surface area contributed by atoms with Crippen LogP contribution in [-0.2, 0) is 0 Å². The number of halogens is 1. The largest absolute Gasteiger partial charge is 0.366 e. The molecule has 0 bridgehead atoms. The minimum absolute atomic E-state index is 0.0380. The van der Waals surface area contributed by atoms with Gasteiger partial charge in [-0.2, -0.15) is 0 Å². The summed E-state index contributed by atoms with van der Waals surface area (Å²) < 4.78 is 0. The maximum Gasteiger partial charge on any atom is 0.270 e. The van der Waals surface area contributed by atoms with Crippen LogP contribution in [0.5, 0.6) is 0 Å². The van der Waals surface area contributed by atoms with Crippen molar-refractivity contribution in [2.75, 3.05) is 7.05 Å². The molecule has 0 aliphatic heterocycles. The molecule has 0 fully saturated rings. The molecule has 2 aromatic rings. The van der Waals surface area contributed by atoms with Gasteiger partial charge in [0, 0.05) is 30.2 Å². The fourth-order valence-electron chi connectivity index (χ4n) is 2.42. The van der Waals surface area contributed by atoms with Crippen LogP contribution in [0.15, 0.2) is 36.5 Å². The zero-order chi connectivity index (χ0) is 17.1. The topological polar surface area (TPSA) is 79.2 Å². The van der Waals surface area contributed by atoms with E-state index in [4.69, 9.17) is 17.3 Å². The average Bonchev–Trinajstić information content (AvgIpc) is 3.03. The summed E-state index contributed by atoms with van der Waals surface area (Å²) in [6, 6.07) is 9.03. The van der Waals surface area contributed by atoms with E-state index in [1.54, 1.807) is 11.9 Å². The number of likely N-dealkylation sites (N-methyl/N-ethyl adjacent to an activating group) is 1. The second-order valence-corrected chi connectivity index (χ2v) is 6.10. The number of benzene rings is 1. The molecule has 0 unspecified atom stereocenters. The van der Waals surface area contributed by atoms with Gasteiger partial charge in [0.1, 0.15) is 5.69 Å². The Morgan fingerprint density at radius 3 is 2.35 bits per heavy atom. The molecule has 0 spiro atoms. The van der Waals surface area contributed by atoms with Crippen LogP contribution >= 0.6 is 11.6 Å². The van der Waals surface area contributed by atoms with Crippen molar-refractivity contribution < 1.29 is 9.59 Å². The fourth-order valence-corrected chi connectivity index (χ4v) is 2.54.